The number of aromatic hydroxyl groups is 1. The molecule has 1 atom stereocenters. The van der Waals surface area contributed by atoms with Crippen molar-refractivity contribution in [2.45, 2.75) is 40.2 Å². The average Bonchev–Trinajstić information content (AvgIpc) is 2.29. The summed E-state index contributed by atoms with van der Waals surface area (Å²) in [5.74, 6) is 0.842. The number of anilines is 1. The van der Waals surface area contributed by atoms with Gasteiger partial charge in [-0.25, -0.2) is 0 Å². The molecule has 0 bridgehead atoms. The van der Waals surface area contributed by atoms with E-state index in [1.807, 2.05) is 18.2 Å². The first kappa shape index (κ1) is 14.8. The summed E-state index contributed by atoms with van der Waals surface area (Å²) in [7, 11) is 0. The van der Waals surface area contributed by atoms with Crippen LogP contribution in [0.3, 0.4) is 0 Å². The van der Waals surface area contributed by atoms with Crippen LogP contribution in [0.1, 0.15) is 45.7 Å². The monoisotopic (exact) mass is 250 g/mol. The summed E-state index contributed by atoms with van der Waals surface area (Å²) in [4.78, 5) is 2.21. The van der Waals surface area contributed by atoms with E-state index in [-0.39, 0.29) is 6.04 Å². The van der Waals surface area contributed by atoms with Crippen LogP contribution in [0.4, 0.5) is 5.69 Å². The van der Waals surface area contributed by atoms with Gasteiger partial charge in [0.25, 0.3) is 0 Å². The topological polar surface area (TPSA) is 49.5 Å². The molecule has 0 spiro atoms. The van der Waals surface area contributed by atoms with Gasteiger partial charge in [-0.05, 0) is 32.3 Å². The fraction of sp³-hybridized carbons (Fsp3) is 0.600. The Morgan fingerprint density at radius 3 is 2.28 bits per heavy atom. The van der Waals surface area contributed by atoms with E-state index in [0.29, 0.717) is 11.7 Å². The molecule has 1 aromatic rings. The van der Waals surface area contributed by atoms with Crippen molar-refractivity contribution in [3.8, 4) is 5.75 Å². The van der Waals surface area contributed by atoms with Gasteiger partial charge < -0.3 is 15.7 Å². The van der Waals surface area contributed by atoms with Gasteiger partial charge in [-0.2, -0.15) is 0 Å². The Morgan fingerprint density at radius 1 is 1.22 bits per heavy atom. The Morgan fingerprint density at radius 2 is 1.83 bits per heavy atom. The lowest BCUT2D eigenvalue weighted by atomic mass is 9.97. The lowest BCUT2D eigenvalue weighted by Crippen LogP contribution is -2.22. The smallest absolute Gasteiger partial charge is 0.122 e. The van der Waals surface area contributed by atoms with Crippen LogP contribution in [-0.4, -0.2) is 18.2 Å². The summed E-state index contributed by atoms with van der Waals surface area (Å²) in [6.45, 7) is 10.4. The fourth-order valence-corrected chi connectivity index (χ4v) is 2.27. The minimum Gasteiger partial charge on any atom is -0.508 e. The van der Waals surface area contributed by atoms with Crippen molar-refractivity contribution in [3.63, 3.8) is 0 Å². The first-order valence-electron chi connectivity index (χ1n) is 6.83. The summed E-state index contributed by atoms with van der Waals surface area (Å²) in [5.41, 5.74) is 8.01. The van der Waals surface area contributed by atoms with Crippen molar-refractivity contribution in [3.05, 3.63) is 23.8 Å². The number of hydrogen-bond donors (Lipinski definition) is 2. The predicted molar refractivity (Wildman–Crippen MR) is 78.1 cm³/mol. The lowest BCUT2D eigenvalue weighted by molar-refractivity contribution is 0.445. The Bertz CT molecular complexity index is 373. The molecule has 0 fully saturated rings. The molecule has 1 rings (SSSR count). The van der Waals surface area contributed by atoms with E-state index in [0.717, 1.165) is 30.8 Å². The van der Waals surface area contributed by atoms with Gasteiger partial charge in [0.15, 0.2) is 0 Å². The summed E-state index contributed by atoms with van der Waals surface area (Å²) in [6, 6.07) is 5.73. The van der Waals surface area contributed by atoms with Crippen LogP contribution in [0.2, 0.25) is 0 Å². The maximum atomic E-state index is 10.1. The van der Waals surface area contributed by atoms with E-state index in [2.05, 4.69) is 32.6 Å². The molecular weight excluding hydrogens is 224 g/mol. The highest BCUT2D eigenvalue weighted by molar-refractivity contribution is 5.54. The summed E-state index contributed by atoms with van der Waals surface area (Å²) >= 11 is 0. The zero-order valence-corrected chi connectivity index (χ0v) is 12.0. The van der Waals surface area contributed by atoms with E-state index in [9.17, 15) is 5.11 Å². The van der Waals surface area contributed by atoms with Gasteiger partial charge >= 0.3 is 0 Å². The summed E-state index contributed by atoms with van der Waals surface area (Å²) in [5, 5.41) is 10.1. The molecule has 0 aliphatic carbocycles. The molecule has 102 valence electrons. The van der Waals surface area contributed by atoms with E-state index >= 15 is 0 Å². The van der Waals surface area contributed by atoms with Gasteiger partial charge in [0.2, 0.25) is 0 Å². The predicted octanol–water partition coefficient (Wildman–Crippen LogP) is 3.28. The SMILES string of the molecule is CCN(CC)c1ccc([C@@H](N)CC(C)C)c(O)c1. The van der Waals surface area contributed by atoms with Gasteiger partial charge in [-0.1, -0.05) is 19.9 Å². The molecule has 0 radical (unpaired) electrons. The third kappa shape index (κ3) is 3.64. The van der Waals surface area contributed by atoms with Gasteiger partial charge in [0, 0.05) is 36.4 Å². The molecule has 0 aliphatic heterocycles. The van der Waals surface area contributed by atoms with Crippen LogP contribution in [-0.2, 0) is 0 Å². The van der Waals surface area contributed by atoms with Crippen molar-refractivity contribution in [2.24, 2.45) is 11.7 Å². The van der Waals surface area contributed by atoms with Crippen molar-refractivity contribution in [2.75, 3.05) is 18.0 Å². The highest BCUT2D eigenvalue weighted by atomic mass is 16.3. The second kappa shape index (κ2) is 6.64. The largest absolute Gasteiger partial charge is 0.508 e. The number of rotatable bonds is 6. The van der Waals surface area contributed by atoms with Gasteiger partial charge in [-0.3, -0.25) is 0 Å². The van der Waals surface area contributed by atoms with Crippen LogP contribution < -0.4 is 10.6 Å². The van der Waals surface area contributed by atoms with E-state index in [1.54, 1.807) is 0 Å². The lowest BCUT2D eigenvalue weighted by Gasteiger charge is -2.23. The molecule has 0 saturated heterocycles. The Balaban J connectivity index is 2.91. The summed E-state index contributed by atoms with van der Waals surface area (Å²) in [6.07, 6.45) is 0.887. The molecule has 0 heterocycles. The third-order valence-corrected chi connectivity index (χ3v) is 3.27. The van der Waals surface area contributed by atoms with Crippen molar-refractivity contribution in [1.29, 1.82) is 0 Å². The molecule has 3 nitrogen and oxygen atoms in total. The molecule has 0 saturated carbocycles. The van der Waals surface area contributed by atoms with Crippen LogP contribution in [0, 0.1) is 5.92 Å². The van der Waals surface area contributed by atoms with Crippen molar-refractivity contribution < 1.29 is 5.11 Å². The first-order chi connectivity index (χ1) is 8.49. The van der Waals surface area contributed by atoms with Gasteiger partial charge in [0.1, 0.15) is 5.75 Å². The van der Waals surface area contributed by atoms with E-state index in [4.69, 9.17) is 5.73 Å². The van der Waals surface area contributed by atoms with Gasteiger partial charge in [0.05, 0.1) is 0 Å². The Kier molecular flexibility index (Phi) is 5.48. The van der Waals surface area contributed by atoms with Crippen LogP contribution in [0.25, 0.3) is 0 Å². The third-order valence-electron chi connectivity index (χ3n) is 3.27. The molecular formula is C15H26N2O. The highest BCUT2D eigenvalue weighted by Gasteiger charge is 2.14. The standard InChI is InChI=1S/C15H26N2O/c1-5-17(6-2)12-7-8-13(15(18)10-12)14(16)9-11(3)4/h7-8,10-11,14,18H,5-6,9,16H2,1-4H3/t14-/m0/s1. The molecule has 3 N–H and O–H groups in total. The average molecular weight is 250 g/mol. The van der Waals surface area contributed by atoms with Crippen LogP contribution in [0.15, 0.2) is 18.2 Å². The van der Waals surface area contributed by atoms with Crippen LogP contribution >= 0.6 is 0 Å². The molecule has 0 unspecified atom stereocenters. The number of phenolic OH excluding ortho intramolecular Hbond substituents is 1. The second-order valence-corrected chi connectivity index (χ2v) is 5.15. The van der Waals surface area contributed by atoms with E-state index < -0.39 is 0 Å². The van der Waals surface area contributed by atoms with Crippen LogP contribution in [0.5, 0.6) is 5.75 Å². The number of phenols is 1. The fourth-order valence-electron chi connectivity index (χ4n) is 2.27. The maximum absolute atomic E-state index is 10.1. The molecule has 3 heteroatoms. The molecule has 1 aromatic carbocycles. The minimum absolute atomic E-state index is 0.0873. The Hall–Kier alpha value is -1.22. The minimum atomic E-state index is -0.0873. The number of benzene rings is 1. The summed E-state index contributed by atoms with van der Waals surface area (Å²) < 4.78 is 0. The maximum Gasteiger partial charge on any atom is 0.122 e. The molecule has 0 amide bonds. The molecule has 0 aromatic heterocycles. The number of nitrogens with two attached hydrogens (primary N) is 1. The Labute approximate surface area is 111 Å². The first-order valence-corrected chi connectivity index (χ1v) is 6.83. The molecule has 18 heavy (non-hydrogen) atoms. The zero-order valence-electron chi connectivity index (χ0n) is 12.0. The van der Waals surface area contributed by atoms with Crippen molar-refractivity contribution in [1.82, 2.24) is 0 Å². The quantitative estimate of drug-likeness (QED) is 0.814. The second-order valence-electron chi connectivity index (χ2n) is 5.15. The normalized spacial score (nSPS) is 12.8. The number of hydrogen-bond acceptors (Lipinski definition) is 3. The zero-order chi connectivity index (χ0) is 13.7. The van der Waals surface area contributed by atoms with Gasteiger partial charge in [-0.15, -0.1) is 0 Å². The van der Waals surface area contributed by atoms with E-state index in [1.165, 1.54) is 0 Å². The molecule has 0 aliphatic rings. The highest BCUT2D eigenvalue weighted by Crippen LogP contribution is 2.30. The van der Waals surface area contributed by atoms with Crippen molar-refractivity contribution >= 4 is 5.69 Å². The number of nitrogens with zero attached hydrogens (tertiary/aromatic N) is 1.